The van der Waals surface area contributed by atoms with Crippen LogP contribution in [-0.4, -0.2) is 34.6 Å². The predicted octanol–water partition coefficient (Wildman–Crippen LogP) is 1.49. The first-order chi connectivity index (χ1) is 6.26. The molecular formula is C9H15IO3. The first-order valence-electron chi connectivity index (χ1n) is 4.45. The maximum absolute atomic E-state index is 9.21. The van der Waals surface area contributed by atoms with Gasteiger partial charge in [0.25, 0.3) is 0 Å². The van der Waals surface area contributed by atoms with E-state index in [1.165, 1.54) is 0 Å². The van der Waals surface area contributed by atoms with Crippen LogP contribution in [0.3, 0.4) is 0 Å². The van der Waals surface area contributed by atoms with E-state index in [0.717, 1.165) is 4.43 Å². The molecule has 0 aromatic heterocycles. The van der Waals surface area contributed by atoms with E-state index in [-0.39, 0.29) is 18.5 Å². The SMILES string of the molecule is CCOC(CI)O[C@@H]1C=C[C@@H](O)C1. The van der Waals surface area contributed by atoms with E-state index in [0.29, 0.717) is 13.0 Å². The Hall–Kier alpha value is 0.350. The van der Waals surface area contributed by atoms with Crippen LogP contribution in [0.25, 0.3) is 0 Å². The fourth-order valence-corrected chi connectivity index (χ4v) is 1.71. The maximum Gasteiger partial charge on any atom is 0.167 e. The monoisotopic (exact) mass is 298 g/mol. The Kier molecular flexibility index (Phi) is 5.23. The van der Waals surface area contributed by atoms with Crippen LogP contribution in [0.4, 0.5) is 0 Å². The van der Waals surface area contributed by atoms with Crippen LogP contribution < -0.4 is 0 Å². The van der Waals surface area contributed by atoms with Gasteiger partial charge < -0.3 is 14.6 Å². The second-order valence-corrected chi connectivity index (χ2v) is 3.78. The fraction of sp³-hybridized carbons (Fsp3) is 0.778. The Balaban J connectivity index is 2.26. The van der Waals surface area contributed by atoms with Crippen molar-refractivity contribution >= 4 is 22.6 Å². The summed E-state index contributed by atoms with van der Waals surface area (Å²) in [4.78, 5) is 0. The normalized spacial score (nSPS) is 29.5. The molecule has 3 nitrogen and oxygen atoms in total. The largest absolute Gasteiger partial charge is 0.389 e. The molecule has 0 saturated heterocycles. The third-order valence-electron chi connectivity index (χ3n) is 1.83. The molecule has 1 unspecified atom stereocenters. The average molecular weight is 298 g/mol. The first kappa shape index (κ1) is 11.4. The number of hydrogen-bond donors (Lipinski definition) is 1. The average Bonchev–Trinajstić information content (AvgIpc) is 2.50. The van der Waals surface area contributed by atoms with Crippen molar-refractivity contribution in [3.63, 3.8) is 0 Å². The fourth-order valence-electron chi connectivity index (χ4n) is 1.25. The summed E-state index contributed by atoms with van der Waals surface area (Å²) in [5.41, 5.74) is 0. The minimum atomic E-state index is -0.346. The van der Waals surface area contributed by atoms with Gasteiger partial charge in [-0.1, -0.05) is 34.7 Å². The molecule has 1 aliphatic rings. The Morgan fingerprint density at radius 3 is 2.85 bits per heavy atom. The number of rotatable bonds is 5. The van der Waals surface area contributed by atoms with Crippen molar-refractivity contribution in [1.82, 2.24) is 0 Å². The minimum absolute atomic E-state index is 0.0151. The molecule has 0 heterocycles. The lowest BCUT2D eigenvalue weighted by Gasteiger charge is -2.19. The van der Waals surface area contributed by atoms with E-state index in [1.807, 2.05) is 13.0 Å². The van der Waals surface area contributed by atoms with Crippen LogP contribution in [0.2, 0.25) is 0 Å². The van der Waals surface area contributed by atoms with Crippen LogP contribution in [-0.2, 0) is 9.47 Å². The molecule has 13 heavy (non-hydrogen) atoms. The molecule has 3 atom stereocenters. The van der Waals surface area contributed by atoms with Crippen LogP contribution in [0.15, 0.2) is 12.2 Å². The Labute approximate surface area is 92.2 Å². The van der Waals surface area contributed by atoms with Crippen molar-refractivity contribution in [2.24, 2.45) is 0 Å². The summed E-state index contributed by atoms with van der Waals surface area (Å²) in [5.74, 6) is 0. The Morgan fingerprint density at radius 2 is 2.38 bits per heavy atom. The third-order valence-corrected chi connectivity index (χ3v) is 2.55. The number of aliphatic hydroxyl groups excluding tert-OH is 1. The highest BCUT2D eigenvalue weighted by Gasteiger charge is 2.20. The van der Waals surface area contributed by atoms with Gasteiger partial charge in [0.05, 0.1) is 16.6 Å². The highest BCUT2D eigenvalue weighted by molar-refractivity contribution is 14.1. The zero-order valence-corrected chi connectivity index (χ0v) is 9.81. The molecule has 0 aromatic rings. The lowest BCUT2D eigenvalue weighted by molar-refractivity contribution is -0.143. The summed E-state index contributed by atoms with van der Waals surface area (Å²) >= 11 is 2.23. The van der Waals surface area contributed by atoms with Gasteiger partial charge in [-0.2, -0.15) is 0 Å². The lowest BCUT2D eigenvalue weighted by Crippen LogP contribution is -2.24. The number of halogens is 1. The second kappa shape index (κ2) is 5.95. The summed E-state index contributed by atoms with van der Waals surface area (Å²) in [6, 6.07) is 0. The molecule has 0 saturated carbocycles. The zero-order valence-electron chi connectivity index (χ0n) is 7.65. The zero-order chi connectivity index (χ0) is 9.68. The van der Waals surface area contributed by atoms with Gasteiger partial charge in [0.2, 0.25) is 0 Å². The molecule has 1 rings (SSSR count). The smallest absolute Gasteiger partial charge is 0.167 e. The summed E-state index contributed by atoms with van der Waals surface area (Å²) in [5, 5.41) is 9.21. The van der Waals surface area contributed by atoms with Gasteiger partial charge in [0, 0.05) is 13.0 Å². The van der Waals surface area contributed by atoms with Crippen molar-refractivity contribution in [3.05, 3.63) is 12.2 Å². The predicted molar refractivity (Wildman–Crippen MR) is 58.9 cm³/mol. The van der Waals surface area contributed by atoms with E-state index in [4.69, 9.17) is 9.47 Å². The van der Waals surface area contributed by atoms with Gasteiger partial charge in [-0.05, 0) is 6.92 Å². The third kappa shape index (κ3) is 3.93. The standard InChI is InChI=1S/C9H15IO3/c1-2-12-9(6-10)13-8-4-3-7(11)5-8/h3-4,7-9,11H,2,5-6H2,1H3/t7-,8-,9?/m1/s1. The minimum Gasteiger partial charge on any atom is -0.389 e. The van der Waals surface area contributed by atoms with Gasteiger partial charge in [-0.25, -0.2) is 0 Å². The quantitative estimate of drug-likeness (QED) is 0.362. The highest BCUT2D eigenvalue weighted by Crippen LogP contribution is 2.16. The molecule has 0 amide bonds. The van der Waals surface area contributed by atoms with E-state index in [9.17, 15) is 5.11 Å². The van der Waals surface area contributed by atoms with Gasteiger partial charge in [-0.3, -0.25) is 0 Å². The first-order valence-corrected chi connectivity index (χ1v) is 5.98. The van der Waals surface area contributed by atoms with Gasteiger partial charge >= 0.3 is 0 Å². The second-order valence-electron chi connectivity index (χ2n) is 2.90. The summed E-state index contributed by atoms with van der Waals surface area (Å²) in [6.07, 6.45) is 3.83. The Bertz CT molecular complexity index is 172. The van der Waals surface area contributed by atoms with Crippen LogP contribution >= 0.6 is 22.6 Å². The van der Waals surface area contributed by atoms with Crippen molar-refractivity contribution < 1.29 is 14.6 Å². The van der Waals surface area contributed by atoms with Gasteiger partial charge in [0.15, 0.2) is 6.29 Å². The summed E-state index contributed by atoms with van der Waals surface area (Å²) in [7, 11) is 0. The van der Waals surface area contributed by atoms with Gasteiger partial charge in [-0.15, -0.1) is 0 Å². The molecule has 1 aliphatic carbocycles. The number of hydrogen-bond acceptors (Lipinski definition) is 3. The number of ether oxygens (including phenoxy) is 2. The molecule has 0 bridgehead atoms. The van der Waals surface area contributed by atoms with E-state index < -0.39 is 0 Å². The van der Waals surface area contributed by atoms with Gasteiger partial charge in [0.1, 0.15) is 0 Å². The molecule has 0 fully saturated rings. The van der Waals surface area contributed by atoms with Crippen molar-refractivity contribution in [2.75, 3.05) is 11.0 Å². The van der Waals surface area contributed by atoms with E-state index in [1.54, 1.807) is 6.08 Å². The lowest BCUT2D eigenvalue weighted by atomic mass is 10.3. The van der Waals surface area contributed by atoms with Crippen LogP contribution in [0.1, 0.15) is 13.3 Å². The summed E-state index contributed by atoms with van der Waals surface area (Å²) in [6.45, 7) is 2.61. The molecular weight excluding hydrogens is 283 g/mol. The topological polar surface area (TPSA) is 38.7 Å². The Morgan fingerprint density at radius 1 is 1.62 bits per heavy atom. The molecule has 76 valence electrons. The van der Waals surface area contributed by atoms with Crippen LogP contribution in [0, 0.1) is 0 Å². The van der Waals surface area contributed by atoms with E-state index in [2.05, 4.69) is 22.6 Å². The molecule has 0 spiro atoms. The molecule has 1 N–H and O–H groups in total. The molecule has 0 aromatic carbocycles. The van der Waals surface area contributed by atoms with Crippen molar-refractivity contribution in [1.29, 1.82) is 0 Å². The number of alkyl halides is 1. The van der Waals surface area contributed by atoms with Crippen molar-refractivity contribution in [3.8, 4) is 0 Å². The molecule has 4 heteroatoms. The maximum atomic E-state index is 9.21. The summed E-state index contributed by atoms with van der Waals surface area (Å²) < 4.78 is 11.7. The number of aliphatic hydroxyl groups is 1. The van der Waals surface area contributed by atoms with E-state index >= 15 is 0 Å². The molecule has 0 radical (unpaired) electrons. The highest BCUT2D eigenvalue weighted by atomic mass is 127. The molecule has 0 aliphatic heterocycles. The van der Waals surface area contributed by atoms with Crippen molar-refractivity contribution in [2.45, 2.75) is 31.8 Å². The van der Waals surface area contributed by atoms with Crippen LogP contribution in [0.5, 0.6) is 0 Å².